The number of ether oxygens (including phenoxy) is 2. The van der Waals surface area contributed by atoms with E-state index < -0.39 is 0 Å². The quantitative estimate of drug-likeness (QED) is 0.759. The summed E-state index contributed by atoms with van der Waals surface area (Å²) in [7, 11) is 3.02. The number of methoxy groups -OCH3 is 2. The van der Waals surface area contributed by atoms with Crippen molar-refractivity contribution in [2.45, 2.75) is 6.42 Å². The van der Waals surface area contributed by atoms with Gasteiger partial charge >= 0.3 is 12.0 Å². The van der Waals surface area contributed by atoms with Crippen LogP contribution < -0.4 is 15.0 Å². The van der Waals surface area contributed by atoms with Crippen molar-refractivity contribution in [3.8, 4) is 5.75 Å². The Morgan fingerprint density at radius 2 is 1.66 bits per heavy atom. The van der Waals surface area contributed by atoms with Crippen LogP contribution in [0.3, 0.4) is 0 Å². The number of carbonyl (C=O) groups excluding carboxylic acids is 2. The van der Waals surface area contributed by atoms with Crippen molar-refractivity contribution in [2.24, 2.45) is 0 Å². The number of rotatable bonds is 6. The molecule has 2 aromatic rings. The van der Waals surface area contributed by atoms with Crippen LogP contribution in [0.15, 0.2) is 48.5 Å². The van der Waals surface area contributed by atoms with E-state index in [9.17, 15) is 9.59 Å². The molecule has 2 amide bonds. The monoisotopic (exact) mass is 397 g/mol. The number of para-hydroxylation sites is 1. The van der Waals surface area contributed by atoms with Crippen LogP contribution in [0.5, 0.6) is 5.75 Å². The lowest BCUT2D eigenvalue weighted by atomic mass is 10.1. The van der Waals surface area contributed by atoms with Gasteiger partial charge in [-0.3, -0.25) is 0 Å². The highest BCUT2D eigenvalue weighted by atomic mass is 16.5. The lowest BCUT2D eigenvalue weighted by Crippen LogP contribution is -2.52. The number of nitrogens with zero attached hydrogens (tertiary/aromatic N) is 2. The number of hydrogen-bond acceptors (Lipinski definition) is 5. The fraction of sp³-hybridized carbons (Fsp3) is 0.364. The van der Waals surface area contributed by atoms with Crippen LogP contribution in [0.2, 0.25) is 0 Å². The Hall–Kier alpha value is -3.22. The van der Waals surface area contributed by atoms with Crippen LogP contribution in [0.1, 0.15) is 15.9 Å². The van der Waals surface area contributed by atoms with Crippen molar-refractivity contribution in [1.29, 1.82) is 0 Å². The highest BCUT2D eigenvalue weighted by molar-refractivity contribution is 5.95. The van der Waals surface area contributed by atoms with Crippen LogP contribution in [0.25, 0.3) is 0 Å². The molecule has 1 N–H and O–H groups in total. The van der Waals surface area contributed by atoms with Gasteiger partial charge < -0.3 is 24.6 Å². The predicted octanol–water partition coefficient (Wildman–Crippen LogP) is 2.56. The maximum absolute atomic E-state index is 12.5. The Kier molecular flexibility index (Phi) is 6.94. The molecule has 1 saturated heterocycles. The molecule has 7 heteroatoms. The lowest BCUT2D eigenvalue weighted by Gasteiger charge is -2.36. The van der Waals surface area contributed by atoms with E-state index in [2.05, 4.69) is 10.2 Å². The third-order valence-corrected chi connectivity index (χ3v) is 5.07. The second-order valence-corrected chi connectivity index (χ2v) is 6.81. The number of urea groups is 1. The summed E-state index contributed by atoms with van der Waals surface area (Å²) in [6, 6.07) is 15.2. The molecule has 2 aromatic carbocycles. The number of anilines is 1. The number of nitrogens with one attached hydrogen (secondary N) is 1. The van der Waals surface area contributed by atoms with Gasteiger partial charge in [0.05, 0.1) is 25.5 Å². The molecule has 154 valence electrons. The van der Waals surface area contributed by atoms with Gasteiger partial charge in [0.15, 0.2) is 0 Å². The Labute approximate surface area is 171 Å². The minimum Gasteiger partial charge on any atom is -0.497 e. The molecule has 0 unspecified atom stereocenters. The number of amides is 2. The second-order valence-electron chi connectivity index (χ2n) is 6.81. The molecule has 0 aliphatic carbocycles. The van der Waals surface area contributed by atoms with E-state index in [0.29, 0.717) is 38.3 Å². The molecule has 1 aliphatic heterocycles. The lowest BCUT2D eigenvalue weighted by molar-refractivity contribution is 0.0601. The van der Waals surface area contributed by atoms with Gasteiger partial charge in [-0.15, -0.1) is 0 Å². The number of benzene rings is 2. The molecular formula is C22H27N3O4. The Bertz CT molecular complexity index is 830. The maximum Gasteiger partial charge on any atom is 0.339 e. The summed E-state index contributed by atoms with van der Waals surface area (Å²) in [5.41, 5.74) is 2.54. The van der Waals surface area contributed by atoms with Crippen molar-refractivity contribution >= 4 is 17.7 Å². The van der Waals surface area contributed by atoms with E-state index in [1.54, 1.807) is 13.2 Å². The summed E-state index contributed by atoms with van der Waals surface area (Å²) in [6.45, 7) is 3.12. The normalized spacial score (nSPS) is 13.7. The number of esters is 1. The molecule has 0 atom stereocenters. The minimum absolute atomic E-state index is 0.0561. The van der Waals surface area contributed by atoms with Crippen LogP contribution >= 0.6 is 0 Å². The van der Waals surface area contributed by atoms with E-state index >= 15 is 0 Å². The van der Waals surface area contributed by atoms with Crippen LogP contribution in [-0.4, -0.2) is 63.8 Å². The van der Waals surface area contributed by atoms with Gasteiger partial charge in [0.25, 0.3) is 0 Å². The third-order valence-electron chi connectivity index (χ3n) is 5.07. The zero-order valence-corrected chi connectivity index (χ0v) is 16.9. The molecule has 0 radical (unpaired) electrons. The van der Waals surface area contributed by atoms with E-state index in [4.69, 9.17) is 9.47 Å². The van der Waals surface area contributed by atoms with Crippen LogP contribution in [0, 0.1) is 0 Å². The van der Waals surface area contributed by atoms with E-state index in [1.807, 2.05) is 47.4 Å². The molecule has 1 heterocycles. The topological polar surface area (TPSA) is 71.1 Å². The highest BCUT2D eigenvalue weighted by Crippen LogP contribution is 2.22. The van der Waals surface area contributed by atoms with Gasteiger partial charge in [0.2, 0.25) is 0 Å². The Morgan fingerprint density at radius 1 is 0.966 bits per heavy atom. The van der Waals surface area contributed by atoms with Crippen molar-refractivity contribution in [3.63, 3.8) is 0 Å². The fourth-order valence-electron chi connectivity index (χ4n) is 3.40. The third kappa shape index (κ3) is 5.19. The van der Waals surface area contributed by atoms with Gasteiger partial charge in [0.1, 0.15) is 5.75 Å². The average Bonchev–Trinajstić information content (AvgIpc) is 2.79. The molecule has 3 rings (SSSR count). The molecule has 29 heavy (non-hydrogen) atoms. The van der Waals surface area contributed by atoms with Crippen molar-refractivity contribution < 1.29 is 19.1 Å². The molecular weight excluding hydrogens is 370 g/mol. The number of piperazine rings is 1. The first-order valence-electron chi connectivity index (χ1n) is 9.70. The van der Waals surface area contributed by atoms with E-state index in [0.717, 1.165) is 23.4 Å². The van der Waals surface area contributed by atoms with Gasteiger partial charge in [-0.2, -0.15) is 0 Å². The van der Waals surface area contributed by atoms with Crippen LogP contribution in [-0.2, 0) is 11.2 Å². The van der Waals surface area contributed by atoms with Gasteiger partial charge in [-0.25, -0.2) is 9.59 Å². The SMILES string of the molecule is COC(=O)c1ccccc1N1CCN(C(=O)NCCc2ccc(OC)cc2)CC1. The number of carbonyl (C=O) groups is 2. The first kappa shape index (κ1) is 20.5. The van der Waals surface area contributed by atoms with Crippen molar-refractivity contribution in [3.05, 3.63) is 59.7 Å². The molecule has 0 bridgehead atoms. The average molecular weight is 397 g/mol. The molecule has 7 nitrogen and oxygen atoms in total. The summed E-state index contributed by atoms with van der Waals surface area (Å²) in [5.74, 6) is 0.476. The first-order chi connectivity index (χ1) is 14.1. The van der Waals surface area contributed by atoms with Crippen molar-refractivity contribution in [2.75, 3.05) is 51.8 Å². The molecule has 0 saturated carbocycles. The predicted molar refractivity (Wildman–Crippen MR) is 112 cm³/mol. The smallest absolute Gasteiger partial charge is 0.339 e. The zero-order valence-electron chi connectivity index (χ0n) is 16.9. The largest absolute Gasteiger partial charge is 0.497 e. The summed E-state index contributed by atoms with van der Waals surface area (Å²) in [5, 5.41) is 2.99. The molecule has 0 aromatic heterocycles. The maximum atomic E-state index is 12.5. The Morgan fingerprint density at radius 3 is 2.31 bits per heavy atom. The number of hydrogen-bond donors (Lipinski definition) is 1. The first-order valence-corrected chi connectivity index (χ1v) is 9.70. The second kappa shape index (κ2) is 9.82. The van der Waals surface area contributed by atoms with E-state index in [1.165, 1.54) is 7.11 Å². The Balaban J connectivity index is 1.48. The highest BCUT2D eigenvalue weighted by Gasteiger charge is 2.24. The summed E-state index contributed by atoms with van der Waals surface area (Å²) >= 11 is 0. The fourth-order valence-corrected chi connectivity index (χ4v) is 3.40. The van der Waals surface area contributed by atoms with Gasteiger partial charge in [0, 0.05) is 32.7 Å². The standard InChI is InChI=1S/C22H27N3O4/c1-28-18-9-7-17(8-10-18)11-12-23-22(27)25-15-13-24(14-16-25)20-6-4-3-5-19(20)21(26)29-2/h3-10H,11-16H2,1-2H3,(H,23,27). The summed E-state index contributed by atoms with van der Waals surface area (Å²) < 4.78 is 10.0. The summed E-state index contributed by atoms with van der Waals surface area (Å²) in [4.78, 5) is 28.4. The van der Waals surface area contributed by atoms with Gasteiger partial charge in [-0.1, -0.05) is 24.3 Å². The van der Waals surface area contributed by atoms with Gasteiger partial charge in [-0.05, 0) is 36.2 Å². The zero-order chi connectivity index (χ0) is 20.6. The summed E-state index contributed by atoms with van der Waals surface area (Å²) in [6.07, 6.45) is 0.766. The van der Waals surface area contributed by atoms with E-state index in [-0.39, 0.29) is 12.0 Å². The van der Waals surface area contributed by atoms with Crippen molar-refractivity contribution in [1.82, 2.24) is 10.2 Å². The molecule has 1 fully saturated rings. The minimum atomic E-state index is -0.348. The van der Waals surface area contributed by atoms with Crippen LogP contribution in [0.4, 0.5) is 10.5 Å². The molecule has 0 spiro atoms. The molecule has 1 aliphatic rings.